The van der Waals surface area contributed by atoms with Crippen LogP contribution in [-0.4, -0.2) is 40.8 Å². The first-order valence-electron chi connectivity index (χ1n) is 9.71. The molecule has 1 aromatic heterocycles. The van der Waals surface area contributed by atoms with Crippen molar-refractivity contribution in [3.8, 4) is 16.9 Å². The Bertz CT molecular complexity index is 885. The summed E-state index contributed by atoms with van der Waals surface area (Å²) in [7, 11) is 0. The van der Waals surface area contributed by atoms with Gasteiger partial charge in [-0.15, -0.1) is 0 Å². The molecule has 1 amide bonds. The molecule has 1 aliphatic carbocycles. The van der Waals surface area contributed by atoms with Gasteiger partial charge in [-0.05, 0) is 55.4 Å². The summed E-state index contributed by atoms with van der Waals surface area (Å²) in [6.45, 7) is 0.955. The van der Waals surface area contributed by atoms with Gasteiger partial charge in [0.1, 0.15) is 0 Å². The maximum atomic E-state index is 14.5. The maximum Gasteiger partial charge on any atom is 0.407 e. The van der Waals surface area contributed by atoms with E-state index in [0.717, 1.165) is 18.5 Å². The first kappa shape index (κ1) is 19.6. The Morgan fingerprint density at radius 3 is 2.38 bits per heavy atom. The standard InChI is InChI=1S/C21H23F2N3O3/c22-16-9-15(14-1-2-18(25-11-14)21(24)5-6-21)10-17(23)19(16)29-12-13-3-7-26(8-4-13)20(27)28/h1-2,9-11,13H,3-8,12,24H2,(H,27,28). The molecule has 0 bridgehead atoms. The van der Waals surface area contributed by atoms with Gasteiger partial charge in [0.05, 0.1) is 17.8 Å². The second kappa shape index (κ2) is 7.59. The average molecular weight is 403 g/mol. The third-order valence-corrected chi connectivity index (χ3v) is 5.74. The molecule has 2 aliphatic rings. The van der Waals surface area contributed by atoms with E-state index in [4.69, 9.17) is 15.6 Å². The second-order valence-corrected chi connectivity index (χ2v) is 7.88. The predicted octanol–water partition coefficient (Wildman–Crippen LogP) is 3.74. The summed E-state index contributed by atoms with van der Waals surface area (Å²) in [6, 6.07) is 6.03. The van der Waals surface area contributed by atoms with E-state index in [1.807, 2.05) is 0 Å². The molecule has 1 saturated carbocycles. The van der Waals surface area contributed by atoms with Gasteiger partial charge in [0.2, 0.25) is 0 Å². The number of carboxylic acid groups (broad SMARTS) is 1. The summed E-state index contributed by atoms with van der Waals surface area (Å²) in [5, 5.41) is 8.97. The van der Waals surface area contributed by atoms with Gasteiger partial charge >= 0.3 is 6.09 Å². The van der Waals surface area contributed by atoms with Crippen molar-refractivity contribution in [2.75, 3.05) is 19.7 Å². The van der Waals surface area contributed by atoms with Gasteiger partial charge in [-0.3, -0.25) is 4.98 Å². The van der Waals surface area contributed by atoms with Crippen LogP contribution in [0.2, 0.25) is 0 Å². The Morgan fingerprint density at radius 1 is 1.21 bits per heavy atom. The molecule has 29 heavy (non-hydrogen) atoms. The minimum atomic E-state index is -0.946. The van der Waals surface area contributed by atoms with E-state index in [2.05, 4.69) is 4.98 Å². The third-order valence-electron chi connectivity index (χ3n) is 5.74. The molecule has 0 spiro atoms. The average Bonchev–Trinajstić information content (AvgIpc) is 3.46. The first-order chi connectivity index (χ1) is 13.9. The SMILES string of the molecule is NC1(c2ccc(-c3cc(F)c(OCC4CCN(C(=O)O)CC4)c(F)c3)cn2)CC1. The smallest absolute Gasteiger partial charge is 0.407 e. The first-order valence-corrected chi connectivity index (χ1v) is 9.71. The largest absolute Gasteiger partial charge is 0.487 e. The van der Waals surface area contributed by atoms with E-state index in [0.29, 0.717) is 37.1 Å². The second-order valence-electron chi connectivity index (χ2n) is 7.88. The zero-order chi connectivity index (χ0) is 20.6. The van der Waals surface area contributed by atoms with Crippen molar-refractivity contribution in [3.05, 3.63) is 47.8 Å². The molecule has 6 nitrogen and oxygen atoms in total. The summed E-state index contributed by atoms with van der Waals surface area (Å²) in [6.07, 6.45) is 3.63. The maximum absolute atomic E-state index is 14.5. The highest BCUT2D eigenvalue weighted by Gasteiger charge is 2.41. The van der Waals surface area contributed by atoms with Crippen LogP contribution in [0.25, 0.3) is 11.1 Å². The van der Waals surface area contributed by atoms with Crippen LogP contribution in [0.4, 0.5) is 13.6 Å². The third kappa shape index (κ3) is 4.17. The number of halogens is 2. The van der Waals surface area contributed by atoms with E-state index in [9.17, 15) is 13.6 Å². The molecule has 0 atom stereocenters. The van der Waals surface area contributed by atoms with Crippen LogP contribution in [0.15, 0.2) is 30.5 Å². The molecule has 1 aromatic carbocycles. The van der Waals surface area contributed by atoms with Crippen LogP contribution in [0.1, 0.15) is 31.4 Å². The minimum absolute atomic E-state index is 0.0619. The van der Waals surface area contributed by atoms with Crippen molar-refractivity contribution in [1.82, 2.24) is 9.88 Å². The number of ether oxygens (including phenoxy) is 1. The molecule has 154 valence electrons. The molecule has 2 fully saturated rings. The van der Waals surface area contributed by atoms with E-state index >= 15 is 0 Å². The lowest BCUT2D eigenvalue weighted by Crippen LogP contribution is -2.38. The highest BCUT2D eigenvalue weighted by atomic mass is 19.1. The Balaban J connectivity index is 1.41. The molecule has 1 aliphatic heterocycles. The quantitative estimate of drug-likeness (QED) is 0.794. The Kier molecular flexibility index (Phi) is 5.12. The van der Waals surface area contributed by atoms with Gasteiger partial charge in [-0.25, -0.2) is 13.6 Å². The van der Waals surface area contributed by atoms with Crippen LogP contribution in [-0.2, 0) is 5.54 Å². The number of benzene rings is 1. The summed E-state index contributed by atoms with van der Waals surface area (Å²) in [5.41, 5.74) is 7.52. The number of rotatable bonds is 5. The van der Waals surface area contributed by atoms with Crippen molar-refractivity contribution in [2.45, 2.75) is 31.2 Å². The van der Waals surface area contributed by atoms with E-state index in [1.165, 1.54) is 17.0 Å². The van der Waals surface area contributed by atoms with Crippen LogP contribution in [0, 0.1) is 17.6 Å². The van der Waals surface area contributed by atoms with Gasteiger partial charge in [0.15, 0.2) is 17.4 Å². The van der Waals surface area contributed by atoms with Crippen molar-refractivity contribution < 1.29 is 23.4 Å². The van der Waals surface area contributed by atoms with Gasteiger partial charge in [0, 0.05) is 24.8 Å². The van der Waals surface area contributed by atoms with Crippen molar-refractivity contribution >= 4 is 6.09 Å². The van der Waals surface area contributed by atoms with E-state index in [1.54, 1.807) is 18.3 Å². The van der Waals surface area contributed by atoms with Crippen molar-refractivity contribution in [3.63, 3.8) is 0 Å². The van der Waals surface area contributed by atoms with Crippen LogP contribution >= 0.6 is 0 Å². The predicted molar refractivity (Wildman–Crippen MR) is 103 cm³/mol. The van der Waals surface area contributed by atoms with E-state index in [-0.39, 0.29) is 18.1 Å². The lowest BCUT2D eigenvalue weighted by atomic mass is 9.98. The summed E-state index contributed by atoms with van der Waals surface area (Å²) in [5.74, 6) is -1.89. The number of aromatic nitrogens is 1. The van der Waals surface area contributed by atoms with Crippen LogP contribution < -0.4 is 10.5 Å². The number of hydrogen-bond acceptors (Lipinski definition) is 4. The molecule has 0 unspecified atom stereocenters. The zero-order valence-electron chi connectivity index (χ0n) is 15.9. The lowest BCUT2D eigenvalue weighted by Gasteiger charge is -2.29. The summed E-state index contributed by atoms with van der Waals surface area (Å²) < 4.78 is 34.4. The highest BCUT2D eigenvalue weighted by Crippen LogP contribution is 2.42. The normalized spacial score (nSPS) is 18.5. The number of hydrogen-bond donors (Lipinski definition) is 2. The van der Waals surface area contributed by atoms with Gasteiger partial charge in [-0.1, -0.05) is 6.07 Å². The summed E-state index contributed by atoms with van der Waals surface area (Å²) in [4.78, 5) is 16.6. The van der Waals surface area contributed by atoms with Crippen LogP contribution in [0.3, 0.4) is 0 Å². The lowest BCUT2D eigenvalue weighted by molar-refractivity contribution is 0.110. The number of likely N-dealkylation sites (tertiary alicyclic amines) is 1. The number of nitrogens with two attached hydrogens (primary N) is 1. The number of nitrogens with zero attached hydrogens (tertiary/aromatic N) is 2. The fourth-order valence-corrected chi connectivity index (χ4v) is 3.61. The summed E-state index contributed by atoms with van der Waals surface area (Å²) >= 11 is 0. The fourth-order valence-electron chi connectivity index (χ4n) is 3.61. The molecule has 0 radical (unpaired) electrons. The molecular weight excluding hydrogens is 380 g/mol. The Morgan fingerprint density at radius 2 is 1.86 bits per heavy atom. The highest BCUT2D eigenvalue weighted by molar-refractivity contribution is 5.65. The fraction of sp³-hybridized carbons (Fsp3) is 0.429. The Hall–Kier alpha value is -2.74. The number of pyridine rings is 1. The minimum Gasteiger partial charge on any atom is -0.487 e. The van der Waals surface area contributed by atoms with Gasteiger partial charge in [-0.2, -0.15) is 0 Å². The van der Waals surface area contributed by atoms with Crippen molar-refractivity contribution in [2.24, 2.45) is 11.7 Å². The van der Waals surface area contributed by atoms with Crippen molar-refractivity contribution in [1.29, 1.82) is 0 Å². The molecule has 2 aromatic rings. The monoisotopic (exact) mass is 403 g/mol. The van der Waals surface area contributed by atoms with Gasteiger partial charge in [0.25, 0.3) is 0 Å². The molecule has 2 heterocycles. The number of amides is 1. The Labute approximate surface area is 167 Å². The number of piperidine rings is 1. The molecule has 3 N–H and O–H groups in total. The molecular formula is C21H23F2N3O3. The van der Waals surface area contributed by atoms with Crippen LogP contribution in [0.5, 0.6) is 5.75 Å². The van der Waals surface area contributed by atoms with E-state index < -0.39 is 23.5 Å². The zero-order valence-corrected chi connectivity index (χ0v) is 15.9. The molecule has 4 rings (SSSR count). The molecule has 1 saturated heterocycles. The number of carbonyl (C=O) groups is 1. The molecule has 8 heteroatoms. The topological polar surface area (TPSA) is 88.7 Å². The van der Waals surface area contributed by atoms with Gasteiger partial charge < -0.3 is 20.5 Å².